The largest absolute Gasteiger partial charge is 0.573 e. The molecule has 1 atom stereocenters. The molecule has 1 fully saturated rings. The predicted molar refractivity (Wildman–Crippen MR) is 69.2 cm³/mol. The van der Waals surface area contributed by atoms with Gasteiger partial charge in [-0.2, -0.15) is 0 Å². The predicted octanol–water partition coefficient (Wildman–Crippen LogP) is 2.25. The van der Waals surface area contributed by atoms with Crippen LogP contribution in [0.15, 0.2) is 12.1 Å². The van der Waals surface area contributed by atoms with Crippen LogP contribution in [0.1, 0.15) is 34.5 Å². The maximum Gasteiger partial charge on any atom is 0.573 e. The summed E-state index contributed by atoms with van der Waals surface area (Å²) in [5, 5.41) is 3.17. The zero-order chi connectivity index (χ0) is 15.2. The van der Waals surface area contributed by atoms with Crippen LogP contribution in [0.25, 0.3) is 0 Å². The lowest BCUT2D eigenvalue weighted by Crippen LogP contribution is -2.44. The number of aryl methyl sites for hydroxylation is 1. The number of nitrogens with one attached hydrogen (secondary N) is 1. The van der Waals surface area contributed by atoms with E-state index in [1.54, 1.807) is 4.90 Å². The Morgan fingerprint density at radius 3 is 2.86 bits per heavy atom. The van der Waals surface area contributed by atoms with Crippen LogP contribution < -0.4 is 10.1 Å². The molecule has 2 aliphatic rings. The first-order valence-electron chi connectivity index (χ1n) is 6.85. The lowest BCUT2D eigenvalue weighted by Gasteiger charge is -2.30. The highest BCUT2D eigenvalue weighted by molar-refractivity contribution is 6.02. The molecule has 2 aliphatic heterocycles. The minimum atomic E-state index is -4.80. The summed E-state index contributed by atoms with van der Waals surface area (Å²) >= 11 is 0. The standard InChI is InChI=1S/C14H15F3N2O2/c1-2-8-5-9-10-7-18-3-4-19(10)13(20)12(9)11(6-8)21-14(15,16)17/h5-6,10,18H,2-4,7H2,1H3. The smallest absolute Gasteiger partial charge is 0.405 e. The van der Waals surface area contributed by atoms with Gasteiger partial charge >= 0.3 is 6.36 Å². The molecule has 0 bridgehead atoms. The average Bonchev–Trinajstić information content (AvgIpc) is 2.71. The second-order valence-corrected chi connectivity index (χ2v) is 5.18. The van der Waals surface area contributed by atoms with Gasteiger partial charge in [0.25, 0.3) is 5.91 Å². The van der Waals surface area contributed by atoms with Crippen molar-refractivity contribution in [2.75, 3.05) is 19.6 Å². The van der Waals surface area contributed by atoms with Crippen LogP contribution in [0.3, 0.4) is 0 Å². The van der Waals surface area contributed by atoms with E-state index < -0.39 is 6.36 Å². The summed E-state index contributed by atoms with van der Waals surface area (Å²) in [5.41, 5.74) is 1.41. The Hall–Kier alpha value is -1.76. The molecule has 0 saturated carbocycles. The number of halogens is 3. The molecule has 0 spiro atoms. The first-order chi connectivity index (χ1) is 9.90. The second-order valence-electron chi connectivity index (χ2n) is 5.18. The number of alkyl halides is 3. The molecule has 3 rings (SSSR count). The molecule has 0 aliphatic carbocycles. The Morgan fingerprint density at radius 1 is 1.43 bits per heavy atom. The molecule has 1 aromatic rings. The summed E-state index contributed by atoms with van der Waals surface area (Å²) < 4.78 is 41.8. The Balaban J connectivity index is 2.11. The van der Waals surface area contributed by atoms with Crippen molar-refractivity contribution in [2.24, 2.45) is 0 Å². The average molecular weight is 300 g/mol. The fourth-order valence-electron chi connectivity index (χ4n) is 2.97. The molecule has 1 saturated heterocycles. The number of ether oxygens (including phenoxy) is 1. The van der Waals surface area contributed by atoms with Crippen LogP contribution in [-0.4, -0.2) is 36.8 Å². The molecule has 1 aromatic carbocycles. The van der Waals surface area contributed by atoms with Gasteiger partial charge in [0.2, 0.25) is 0 Å². The van der Waals surface area contributed by atoms with Gasteiger partial charge in [-0.25, -0.2) is 0 Å². The summed E-state index contributed by atoms with van der Waals surface area (Å²) in [4.78, 5) is 14.0. The molecule has 7 heteroatoms. The van der Waals surface area contributed by atoms with Crippen molar-refractivity contribution in [3.63, 3.8) is 0 Å². The molecule has 21 heavy (non-hydrogen) atoms. The van der Waals surface area contributed by atoms with E-state index in [-0.39, 0.29) is 23.3 Å². The summed E-state index contributed by atoms with van der Waals surface area (Å²) in [7, 11) is 0. The van der Waals surface area contributed by atoms with Gasteiger partial charge < -0.3 is 15.0 Å². The first-order valence-corrected chi connectivity index (χ1v) is 6.85. The fraction of sp³-hybridized carbons (Fsp3) is 0.500. The molecule has 1 N–H and O–H groups in total. The van der Waals surface area contributed by atoms with E-state index in [9.17, 15) is 18.0 Å². The number of hydrogen-bond acceptors (Lipinski definition) is 3. The Labute approximate surface area is 119 Å². The lowest BCUT2D eigenvalue weighted by molar-refractivity contribution is -0.274. The van der Waals surface area contributed by atoms with Gasteiger partial charge in [-0.05, 0) is 23.6 Å². The Bertz CT molecular complexity index is 586. The van der Waals surface area contributed by atoms with Crippen LogP contribution in [0, 0.1) is 0 Å². The maximum absolute atomic E-state index is 12.6. The lowest BCUT2D eigenvalue weighted by atomic mass is 9.98. The molecular formula is C14H15F3N2O2. The number of nitrogens with zero attached hydrogens (tertiary/aromatic N) is 1. The summed E-state index contributed by atoms with van der Waals surface area (Å²) in [6, 6.07) is 2.92. The van der Waals surface area contributed by atoms with Crippen LogP contribution in [0.4, 0.5) is 13.2 Å². The highest BCUT2D eigenvalue weighted by Crippen LogP contribution is 2.41. The maximum atomic E-state index is 12.6. The van der Waals surface area contributed by atoms with E-state index in [2.05, 4.69) is 10.1 Å². The van der Waals surface area contributed by atoms with E-state index in [1.165, 1.54) is 6.07 Å². The van der Waals surface area contributed by atoms with Gasteiger partial charge in [-0.15, -0.1) is 13.2 Å². The highest BCUT2D eigenvalue weighted by Gasteiger charge is 2.42. The number of rotatable bonds is 2. The van der Waals surface area contributed by atoms with Crippen LogP contribution >= 0.6 is 0 Å². The highest BCUT2D eigenvalue weighted by atomic mass is 19.4. The van der Waals surface area contributed by atoms with Crippen molar-refractivity contribution in [2.45, 2.75) is 25.7 Å². The van der Waals surface area contributed by atoms with E-state index in [4.69, 9.17) is 0 Å². The number of carbonyl (C=O) groups is 1. The zero-order valence-electron chi connectivity index (χ0n) is 11.5. The number of carbonyl (C=O) groups excluding carboxylic acids is 1. The van der Waals surface area contributed by atoms with Gasteiger partial charge in [-0.3, -0.25) is 4.79 Å². The third kappa shape index (κ3) is 2.46. The minimum Gasteiger partial charge on any atom is -0.405 e. The third-order valence-corrected chi connectivity index (χ3v) is 3.90. The van der Waals surface area contributed by atoms with Gasteiger partial charge in [0.05, 0.1) is 11.6 Å². The monoisotopic (exact) mass is 300 g/mol. The quantitative estimate of drug-likeness (QED) is 0.911. The summed E-state index contributed by atoms with van der Waals surface area (Å²) in [6.45, 7) is 3.54. The number of piperazine rings is 1. The van der Waals surface area contributed by atoms with Crippen molar-refractivity contribution < 1.29 is 22.7 Å². The minimum absolute atomic E-state index is 0.0539. The Morgan fingerprint density at radius 2 is 2.19 bits per heavy atom. The van der Waals surface area contributed by atoms with Gasteiger partial charge in [0.15, 0.2) is 0 Å². The normalized spacial score (nSPS) is 21.2. The van der Waals surface area contributed by atoms with Gasteiger partial charge in [0.1, 0.15) is 5.75 Å². The van der Waals surface area contributed by atoms with E-state index in [1.807, 2.05) is 13.0 Å². The molecule has 4 nitrogen and oxygen atoms in total. The SMILES string of the molecule is CCc1cc(OC(F)(F)F)c2c(c1)C1CNCCN1C2=O. The molecule has 1 amide bonds. The first kappa shape index (κ1) is 14.2. The molecule has 1 unspecified atom stereocenters. The van der Waals surface area contributed by atoms with Crippen LogP contribution in [-0.2, 0) is 6.42 Å². The van der Waals surface area contributed by atoms with Crippen molar-refractivity contribution in [1.29, 1.82) is 0 Å². The summed E-state index contributed by atoms with van der Waals surface area (Å²) in [5.74, 6) is -0.755. The van der Waals surface area contributed by atoms with Crippen molar-refractivity contribution in [3.8, 4) is 5.75 Å². The number of hydrogen-bond donors (Lipinski definition) is 1. The topological polar surface area (TPSA) is 41.6 Å². The molecule has 114 valence electrons. The number of fused-ring (bicyclic) bond motifs is 3. The summed E-state index contributed by atoms with van der Waals surface area (Å²) in [6.07, 6.45) is -4.22. The molecular weight excluding hydrogens is 285 g/mol. The van der Waals surface area contributed by atoms with E-state index in [0.29, 0.717) is 31.6 Å². The van der Waals surface area contributed by atoms with E-state index in [0.717, 1.165) is 5.56 Å². The Kier molecular flexibility index (Phi) is 3.32. The van der Waals surface area contributed by atoms with Crippen molar-refractivity contribution in [1.82, 2.24) is 10.2 Å². The van der Waals surface area contributed by atoms with Gasteiger partial charge in [-0.1, -0.05) is 13.0 Å². The van der Waals surface area contributed by atoms with Crippen molar-refractivity contribution >= 4 is 5.91 Å². The van der Waals surface area contributed by atoms with Crippen molar-refractivity contribution in [3.05, 3.63) is 28.8 Å². The third-order valence-electron chi connectivity index (χ3n) is 3.90. The molecule has 0 aromatic heterocycles. The molecule has 0 radical (unpaired) electrons. The number of benzene rings is 1. The molecule has 2 heterocycles. The zero-order valence-corrected chi connectivity index (χ0v) is 11.5. The number of amides is 1. The fourth-order valence-corrected chi connectivity index (χ4v) is 2.97. The van der Waals surface area contributed by atoms with E-state index >= 15 is 0 Å². The van der Waals surface area contributed by atoms with Crippen LogP contribution in [0.5, 0.6) is 5.75 Å². The second kappa shape index (κ2) is 4.91. The van der Waals surface area contributed by atoms with Gasteiger partial charge in [0, 0.05) is 19.6 Å². The van der Waals surface area contributed by atoms with Crippen LogP contribution in [0.2, 0.25) is 0 Å².